The molecular weight excluding hydrogens is 939 g/mol. The summed E-state index contributed by atoms with van der Waals surface area (Å²) >= 11 is 0. The van der Waals surface area contributed by atoms with Crippen LogP contribution < -0.4 is 26.4 Å². The molecule has 0 atom stereocenters. The highest BCUT2D eigenvalue weighted by Crippen LogP contribution is 2.31. The second kappa shape index (κ2) is 17.8. The van der Waals surface area contributed by atoms with Gasteiger partial charge in [0, 0.05) is 17.0 Å². The van der Waals surface area contributed by atoms with Crippen LogP contribution in [0.2, 0.25) is 0 Å². The molecule has 0 saturated heterocycles. The zero-order chi connectivity index (χ0) is 49.0. The molecule has 340 valence electrons. The highest BCUT2D eigenvalue weighted by atomic mass is 19.2. The molecule has 24 heteroatoms. The van der Waals surface area contributed by atoms with Gasteiger partial charge in [-0.05, 0) is 11.5 Å². The van der Waals surface area contributed by atoms with E-state index in [9.17, 15) is 62.7 Å². The molecule has 0 aliphatic rings. The average molecular weight is 952 g/mol. The van der Waals surface area contributed by atoms with Crippen molar-refractivity contribution in [2.45, 2.75) is 6.54 Å². The third kappa shape index (κ3) is 7.40. The van der Waals surface area contributed by atoms with Crippen LogP contribution in [0.5, 0.6) is 0 Å². The van der Waals surface area contributed by atoms with Crippen molar-refractivity contribution in [3.8, 4) is 6.07 Å². The summed E-state index contributed by atoms with van der Waals surface area (Å²) < 4.78 is 296. The van der Waals surface area contributed by atoms with Gasteiger partial charge in [0.1, 0.15) is 52.7 Å². The van der Waals surface area contributed by atoms with E-state index in [2.05, 4.69) is 6.07 Å². The van der Waals surface area contributed by atoms with Crippen LogP contribution in [0.3, 0.4) is 0 Å². The van der Waals surface area contributed by atoms with Gasteiger partial charge in [-0.25, -0.2) is 87.8 Å². The summed E-state index contributed by atoms with van der Waals surface area (Å²) in [4.78, 5) is 12.3. The number of hydrogen-bond donors (Lipinski definition) is 0. The third-order valence-corrected chi connectivity index (χ3v) is 10.1. The van der Waals surface area contributed by atoms with Crippen LogP contribution in [0, 0.1) is 128 Å². The number of carbonyl (C=O) groups excluding carboxylic acids is 1. The van der Waals surface area contributed by atoms with Gasteiger partial charge in [0.2, 0.25) is 12.3 Å². The minimum Gasteiger partial charge on any atom is -0.287 e. The van der Waals surface area contributed by atoms with Crippen LogP contribution >= 0.6 is 0 Å². The molecule has 0 aliphatic heterocycles. The molecule has 0 radical (unpaired) electrons. The van der Waals surface area contributed by atoms with Crippen molar-refractivity contribution in [1.29, 1.82) is 5.26 Å². The number of pyridine rings is 1. The second-order valence-electron chi connectivity index (χ2n) is 13.6. The number of halogens is 20. The average Bonchev–Trinajstić information content (AvgIpc) is 3.31. The number of ketones is 1. The van der Waals surface area contributed by atoms with Gasteiger partial charge in [-0.2, -0.15) is 9.83 Å². The number of aromatic nitrogens is 1. The fraction of sp³-hybridized carbons (Fsp3) is 0.0238. The normalized spacial score (nSPS) is 11.4. The van der Waals surface area contributed by atoms with Crippen molar-refractivity contribution in [3.05, 3.63) is 194 Å². The summed E-state index contributed by atoms with van der Waals surface area (Å²) in [5.41, 5.74) is -13.2. The molecule has 0 unspecified atom stereocenters. The molecular formula is C42H13BF20N2O. The van der Waals surface area contributed by atoms with Gasteiger partial charge in [0.15, 0.2) is 82.1 Å². The monoisotopic (exact) mass is 952 g/mol. The summed E-state index contributed by atoms with van der Waals surface area (Å²) in [6, 6.07) is 20.9. The fourth-order valence-electron chi connectivity index (χ4n) is 7.20. The van der Waals surface area contributed by atoms with E-state index in [4.69, 9.17) is 0 Å². The first-order valence-corrected chi connectivity index (χ1v) is 17.6. The number of hydrogen-bond acceptors (Lipinski definition) is 2. The lowest BCUT2D eigenvalue weighted by Gasteiger charge is -2.44. The van der Waals surface area contributed by atoms with Crippen molar-refractivity contribution in [1.82, 2.24) is 0 Å². The van der Waals surface area contributed by atoms with Gasteiger partial charge < -0.3 is 0 Å². The number of fused-ring (bicyclic) bond motifs is 1. The highest BCUT2D eigenvalue weighted by molar-refractivity contribution is 7.20. The van der Waals surface area contributed by atoms with Crippen molar-refractivity contribution < 1.29 is 97.2 Å². The minimum absolute atomic E-state index is 0.00705. The first-order valence-electron chi connectivity index (χ1n) is 17.6. The molecule has 0 spiro atoms. The molecule has 7 rings (SSSR count). The summed E-state index contributed by atoms with van der Waals surface area (Å²) in [6.07, 6.45) is -5.36. The van der Waals surface area contributed by atoms with Gasteiger partial charge in [-0.3, -0.25) is 4.79 Å². The first kappa shape index (κ1) is 48.0. The summed E-state index contributed by atoms with van der Waals surface area (Å²) in [6.45, 7) is 0.164. The predicted octanol–water partition coefficient (Wildman–Crippen LogP) is 8.73. The van der Waals surface area contributed by atoms with Crippen LogP contribution in [0.1, 0.15) is 16.1 Å². The molecule has 66 heavy (non-hydrogen) atoms. The van der Waals surface area contributed by atoms with Crippen LogP contribution in [0.25, 0.3) is 10.8 Å². The number of benzene rings is 6. The maximum Gasteiger partial charge on any atom is 0.284 e. The Morgan fingerprint density at radius 3 is 0.985 bits per heavy atom. The smallest absolute Gasteiger partial charge is 0.284 e. The van der Waals surface area contributed by atoms with Crippen molar-refractivity contribution in [2.75, 3.05) is 0 Å². The van der Waals surface area contributed by atoms with E-state index in [0.29, 0.717) is 11.3 Å². The Kier molecular flexibility index (Phi) is 13.0. The first-order chi connectivity index (χ1) is 31.0. The maximum atomic E-state index is 15.4. The number of nitrogens with zero attached hydrogens (tertiary/aromatic N) is 2. The Morgan fingerprint density at radius 1 is 0.409 bits per heavy atom. The van der Waals surface area contributed by atoms with E-state index in [-0.39, 0.29) is 12.3 Å². The van der Waals surface area contributed by atoms with Gasteiger partial charge in [-0.15, -0.1) is 21.9 Å². The van der Waals surface area contributed by atoms with E-state index in [1.807, 2.05) is 54.7 Å². The largest absolute Gasteiger partial charge is 0.287 e. The predicted molar refractivity (Wildman–Crippen MR) is 189 cm³/mol. The topological polar surface area (TPSA) is 44.7 Å². The number of nitriles is 1. The SMILES string of the molecule is Fc1c(F)c(F)c([B-](c2c(F)c(F)c(F)c(F)c2F)(c2c(F)c(F)c(F)c(F)c2F)c2c(F)c(F)c(F)c(F)c2F)c(F)c1F.N#Cc1cc2ccccc2c[n+]1CC(=O)c1ccccc1. The lowest BCUT2D eigenvalue weighted by atomic mass is 9.12. The Bertz CT molecular complexity index is 2830. The van der Waals surface area contributed by atoms with Crippen molar-refractivity contribution in [2.24, 2.45) is 0 Å². The fourth-order valence-corrected chi connectivity index (χ4v) is 7.20. The summed E-state index contributed by atoms with van der Waals surface area (Å²) in [7, 11) is 0. The second-order valence-corrected chi connectivity index (χ2v) is 13.6. The quantitative estimate of drug-likeness (QED) is 0.0401. The molecule has 1 heterocycles. The van der Waals surface area contributed by atoms with E-state index in [0.717, 1.165) is 10.8 Å². The van der Waals surface area contributed by atoms with E-state index < -0.39 is 144 Å². The Hall–Kier alpha value is -7.45. The van der Waals surface area contributed by atoms with Crippen molar-refractivity contribution in [3.63, 3.8) is 0 Å². The molecule has 0 saturated carbocycles. The van der Waals surface area contributed by atoms with Crippen LogP contribution in [0.4, 0.5) is 87.8 Å². The summed E-state index contributed by atoms with van der Waals surface area (Å²) in [5.74, 6) is -71.4. The van der Waals surface area contributed by atoms with E-state index in [1.165, 1.54) is 0 Å². The van der Waals surface area contributed by atoms with Crippen LogP contribution in [0.15, 0.2) is 66.9 Å². The van der Waals surface area contributed by atoms with Crippen LogP contribution in [-0.4, -0.2) is 11.9 Å². The van der Waals surface area contributed by atoms with E-state index >= 15 is 35.1 Å². The van der Waals surface area contributed by atoms with Gasteiger partial charge in [0.05, 0.1) is 0 Å². The highest BCUT2D eigenvalue weighted by Gasteiger charge is 2.52. The minimum atomic E-state index is -7.22. The number of carbonyl (C=O) groups is 1. The third-order valence-electron chi connectivity index (χ3n) is 10.1. The molecule has 0 fully saturated rings. The lowest BCUT2D eigenvalue weighted by Crippen LogP contribution is -2.81. The van der Waals surface area contributed by atoms with Gasteiger partial charge in [0.25, 0.3) is 5.69 Å². The Morgan fingerprint density at radius 2 is 0.682 bits per heavy atom. The molecule has 1 aromatic heterocycles. The Balaban J connectivity index is 0.000000284. The molecule has 0 bridgehead atoms. The molecule has 0 N–H and O–H groups in total. The molecule has 0 amide bonds. The van der Waals surface area contributed by atoms with Crippen LogP contribution in [-0.2, 0) is 6.54 Å². The molecule has 0 aliphatic carbocycles. The molecule has 6 aromatic carbocycles. The maximum absolute atomic E-state index is 15.4. The number of rotatable bonds is 7. The van der Waals surface area contributed by atoms with Gasteiger partial charge in [-0.1, -0.05) is 48.5 Å². The van der Waals surface area contributed by atoms with Crippen molar-refractivity contribution >= 4 is 44.6 Å². The zero-order valence-electron chi connectivity index (χ0n) is 31.5. The lowest BCUT2D eigenvalue weighted by molar-refractivity contribution is -0.684. The molecule has 7 aromatic rings. The van der Waals surface area contributed by atoms with Gasteiger partial charge >= 0.3 is 0 Å². The summed E-state index contributed by atoms with van der Waals surface area (Å²) in [5, 5.41) is 11.3. The standard InChI is InChI=1S/C24BF20.C18H13N2O/c26-5-1(6(27)14(35)21(42)13(5)34)25(2-7(28)15(36)22(43)16(37)8(2)29,3-9(30)17(38)23(44)18(39)10(3)31)4-11(32)19(40)24(45)20(41)12(4)33;19-11-17-10-15-8-4-5-9-16(15)12-20(17)13-18(21)14-6-2-1-3-7-14/h;1-10,12H,13H2/q-1;+1. The number of Topliss-reactive ketones (excluding diaryl/α,β-unsaturated/α-hetero) is 1. The Labute approximate surface area is 353 Å². The van der Waals surface area contributed by atoms with E-state index in [1.54, 1.807) is 16.7 Å². The molecule has 3 nitrogen and oxygen atoms in total. The zero-order valence-corrected chi connectivity index (χ0v) is 31.5.